The highest BCUT2D eigenvalue weighted by Crippen LogP contribution is 2.16. The Morgan fingerprint density at radius 3 is 3.00 bits per heavy atom. The summed E-state index contributed by atoms with van der Waals surface area (Å²) in [6.45, 7) is 3.50. The van der Waals surface area contributed by atoms with Gasteiger partial charge in [0.2, 0.25) is 5.91 Å². The van der Waals surface area contributed by atoms with E-state index in [1.807, 2.05) is 6.92 Å². The van der Waals surface area contributed by atoms with Crippen molar-refractivity contribution in [3.05, 3.63) is 0 Å². The van der Waals surface area contributed by atoms with Crippen LogP contribution in [0.3, 0.4) is 0 Å². The zero-order valence-electron chi connectivity index (χ0n) is 7.86. The molecule has 4 heteroatoms. The topological polar surface area (TPSA) is 70.1 Å². The zero-order valence-corrected chi connectivity index (χ0v) is 7.86. The molecule has 1 aliphatic rings. The summed E-state index contributed by atoms with van der Waals surface area (Å²) >= 11 is 0. The molecule has 0 radical (unpaired) electrons. The highest BCUT2D eigenvalue weighted by Gasteiger charge is 2.27. The van der Waals surface area contributed by atoms with Crippen LogP contribution >= 0.6 is 0 Å². The first kappa shape index (κ1) is 10.0. The summed E-state index contributed by atoms with van der Waals surface area (Å²) in [6.07, 6.45) is 0.805. The summed E-state index contributed by atoms with van der Waals surface area (Å²) < 4.78 is 0. The third kappa shape index (κ3) is 2.19. The molecule has 0 aromatic carbocycles. The van der Waals surface area contributed by atoms with Gasteiger partial charge in [-0.15, -0.1) is 0 Å². The van der Waals surface area contributed by atoms with Gasteiger partial charge in [0.25, 0.3) is 0 Å². The van der Waals surface area contributed by atoms with Gasteiger partial charge in [0.1, 0.15) is 0 Å². The van der Waals surface area contributed by atoms with Crippen LogP contribution in [-0.2, 0) is 4.79 Å². The van der Waals surface area contributed by atoms with Crippen LogP contribution in [0.25, 0.3) is 0 Å². The second-order valence-corrected chi connectivity index (χ2v) is 3.54. The Kier molecular flexibility index (Phi) is 3.26. The number of carbonyl (C=O) groups is 1. The van der Waals surface area contributed by atoms with Crippen molar-refractivity contribution in [2.45, 2.75) is 13.3 Å². The first-order chi connectivity index (χ1) is 6.19. The molecule has 2 unspecified atom stereocenters. The molecule has 0 aromatic heterocycles. The summed E-state index contributed by atoms with van der Waals surface area (Å²) in [7, 11) is 0. The lowest BCUT2D eigenvalue weighted by molar-refractivity contribution is -0.133. The van der Waals surface area contributed by atoms with Crippen molar-refractivity contribution < 1.29 is 4.79 Å². The maximum absolute atomic E-state index is 11.6. The predicted molar refractivity (Wildman–Crippen MR) is 48.5 cm³/mol. The highest BCUT2D eigenvalue weighted by atomic mass is 16.2. The van der Waals surface area contributed by atoms with Gasteiger partial charge >= 0.3 is 0 Å². The molecule has 1 rings (SSSR count). The van der Waals surface area contributed by atoms with Gasteiger partial charge in [0.15, 0.2) is 0 Å². The highest BCUT2D eigenvalue weighted by molar-refractivity contribution is 5.79. The Balaban J connectivity index is 2.47. The monoisotopic (exact) mass is 181 g/mol. The average molecular weight is 181 g/mol. The summed E-state index contributed by atoms with van der Waals surface area (Å²) in [6, 6.07) is 2.18. The van der Waals surface area contributed by atoms with Gasteiger partial charge in [-0.25, -0.2) is 0 Å². The molecule has 1 saturated heterocycles. The Morgan fingerprint density at radius 2 is 2.54 bits per heavy atom. The van der Waals surface area contributed by atoms with Crippen LogP contribution in [-0.4, -0.2) is 30.4 Å². The van der Waals surface area contributed by atoms with Crippen LogP contribution in [0.15, 0.2) is 0 Å². The molecule has 1 aliphatic heterocycles. The lowest BCUT2D eigenvalue weighted by atomic mass is 10.1. The zero-order chi connectivity index (χ0) is 9.84. The van der Waals surface area contributed by atoms with Crippen molar-refractivity contribution in [3.63, 3.8) is 0 Å². The minimum absolute atomic E-state index is 0.0222. The van der Waals surface area contributed by atoms with Gasteiger partial charge < -0.3 is 10.6 Å². The number of hydrogen-bond acceptors (Lipinski definition) is 3. The van der Waals surface area contributed by atoms with Gasteiger partial charge in [0.05, 0.1) is 12.0 Å². The van der Waals surface area contributed by atoms with E-state index in [1.165, 1.54) is 0 Å². The standard InChI is InChI=1S/C9H15N3O/c1-7(4-10)9(13)12-3-2-8(5-11)6-12/h7-8H,2-4,6,10H2,1H3. The van der Waals surface area contributed by atoms with Gasteiger partial charge in [-0.3, -0.25) is 4.79 Å². The van der Waals surface area contributed by atoms with Crippen molar-refractivity contribution in [2.24, 2.45) is 17.6 Å². The van der Waals surface area contributed by atoms with Crippen LogP contribution in [0.4, 0.5) is 0 Å². The second kappa shape index (κ2) is 4.24. The van der Waals surface area contributed by atoms with Gasteiger partial charge in [-0.1, -0.05) is 6.92 Å². The van der Waals surface area contributed by atoms with Crippen LogP contribution in [0.5, 0.6) is 0 Å². The van der Waals surface area contributed by atoms with Gasteiger partial charge in [0, 0.05) is 25.6 Å². The minimum Gasteiger partial charge on any atom is -0.341 e. The molecule has 1 amide bonds. The van der Waals surface area contributed by atoms with Crippen LogP contribution < -0.4 is 5.73 Å². The fourth-order valence-corrected chi connectivity index (χ4v) is 1.48. The molecule has 0 saturated carbocycles. The van der Waals surface area contributed by atoms with Crippen molar-refractivity contribution in [2.75, 3.05) is 19.6 Å². The molecule has 4 nitrogen and oxygen atoms in total. The van der Waals surface area contributed by atoms with E-state index in [-0.39, 0.29) is 17.7 Å². The van der Waals surface area contributed by atoms with E-state index in [1.54, 1.807) is 4.90 Å². The van der Waals surface area contributed by atoms with Crippen molar-refractivity contribution in [3.8, 4) is 6.07 Å². The van der Waals surface area contributed by atoms with E-state index < -0.39 is 0 Å². The lowest BCUT2D eigenvalue weighted by Gasteiger charge is -2.19. The van der Waals surface area contributed by atoms with Crippen molar-refractivity contribution in [1.29, 1.82) is 5.26 Å². The largest absolute Gasteiger partial charge is 0.341 e. The molecule has 2 N–H and O–H groups in total. The summed E-state index contributed by atoms with van der Waals surface area (Å²) in [4.78, 5) is 13.3. The lowest BCUT2D eigenvalue weighted by Crippen LogP contribution is -2.36. The maximum Gasteiger partial charge on any atom is 0.226 e. The van der Waals surface area contributed by atoms with E-state index in [9.17, 15) is 4.79 Å². The maximum atomic E-state index is 11.6. The number of amides is 1. The molecule has 13 heavy (non-hydrogen) atoms. The molecule has 2 atom stereocenters. The third-order valence-electron chi connectivity index (χ3n) is 2.46. The number of nitriles is 1. The number of likely N-dealkylation sites (tertiary alicyclic amines) is 1. The fourth-order valence-electron chi connectivity index (χ4n) is 1.48. The Morgan fingerprint density at radius 1 is 1.85 bits per heavy atom. The molecule has 0 aliphatic carbocycles. The smallest absolute Gasteiger partial charge is 0.226 e. The molecule has 0 bridgehead atoms. The van der Waals surface area contributed by atoms with E-state index in [2.05, 4.69) is 6.07 Å². The van der Waals surface area contributed by atoms with E-state index >= 15 is 0 Å². The Labute approximate surface area is 78.3 Å². The summed E-state index contributed by atoms with van der Waals surface area (Å²) in [5, 5.41) is 8.65. The van der Waals surface area contributed by atoms with Crippen LogP contribution in [0.1, 0.15) is 13.3 Å². The van der Waals surface area contributed by atoms with E-state index in [4.69, 9.17) is 11.0 Å². The van der Waals surface area contributed by atoms with Crippen LogP contribution in [0, 0.1) is 23.2 Å². The summed E-state index contributed by atoms with van der Waals surface area (Å²) in [5.41, 5.74) is 5.40. The van der Waals surface area contributed by atoms with E-state index in [0.29, 0.717) is 19.6 Å². The molecular weight excluding hydrogens is 166 g/mol. The number of nitrogens with two attached hydrogens (primary N) is 1. The molecule has 1 heterocycles. The summed E-state index contributed by atoms with van der Waals surface area (Å²) in [5.74, 6) is -0.00776. The molecule has 72 valence electrons. The van der Waals surface area contributed by atoms with Crippen LogP contribution in [0.2, 0.25) is 0 Å². The molecular formula is C9H15N3O. The third-order valence-corrected chi connectivity index (χ3v) is 2.46. The number of rotatable bonds is 2. The SMILES string of the molecule is CC(CN)C(=O)N1CCC(C#N)C1. The quantitative estimate of drug-likeness (QED) is 0.649. The first-order valence-corrected chi connectivity index (χ1v) is 4.57. The van der Waals surface area contributed by atoms with E-state index in [0.717, 1.165) is 6.42 Å². The average Bonchev–Trinajstić information content (AvgIpc) is 2.63. The minimum atomic E-state index is -0.113. The van der Waals surface area contributed by atoms with Crippen molar-refractivity contribution in [1.82, 2.24) is 4.90 Å². The van der Waals surface area contributed by atoms with Gasteiger partial charge in [-0.2, -0.15) is 5.26 Å². The number of carbonyl (C=O) groups excluding carboxylic acids is 1. The predicted octanol–water partition coefficient (Wildman–Crippen LogP) is -0.0467. The second-order valence-electron chi connectivity index (χ2n) is 3.54. The van der Waals surface area contributed by atoms with Crippen molar-refractivity contribution >= 4 is 5.91 Å². The Bertz CT molecular complexity index is 234. The molecule has 0 spiro atoms. The number of nitrogens with zero attached hydrogens (tertiary/aromatic N) is 2. The molecule has 0 aromatic rings. The normalized spacial score (nSPS) is 24.1. The van der Waals surface area contributed by atoms with Gasteiger partial charge in [-0.05, 0) is 6.42 Å². The first-order valence-electron chi connectivity index (χ1n) is 4.57. The number of hydrogen-bond donors (Lipinski definition) is 1. The molecule has 1 fully saturated rings. The fraction of sp³-hybridized carbons (Fsp3) is 0.778. The Hall–Kier alpha value is -1.08.